The number of rotatable bonds is 3. The Morgan fingerprint density at radius 2 is 2.10 bits per heavy atom. The minimum absolute atomic E-state index is 0.196. The normalized spacial score (nSPS) is 11.2. The first kappa shape index (κ1) is 14.0. The summed E-state index contributed by atoms with van der Waals surface area (Å²) in [5, 5.41) is 6.34. The van der Waals surface area contributed by atoms with Crippen molar-refractivity contribution in [3.8, 4) is 0 Å². The van der Waals surface area contributed by atoms with Gasteiger partial charge in [-0.3, -0.25) is 10.1 Å². The number of carbonyl (C=O) groups excluding carboxylic acids is 1. The maximum Gasteiger partial charge on any atom is 0.269 e. The molecule has 0 aliphatic rings. The first-order valence-corrected chi connectivity index (χ1v) is 8.29. The predicted molar refractivity (Wildman–Crippen MR) is 90.4 cm³/mol. The van der Waals surface area contributed by atoms with Crippen molar-refractivity contribution >= 4 is 49.5 Å². The number of aromatic nitrogens is 1. The van der Waals surface area contributed by atoms with E-state index in [1.165, 1.54) is 22.7 Å². The molecule has 3 N–H and O–H groups in total. The van der Waals surface area contributed by atoms with Crippen LogP contribution in [0.1, 0.15) is 35.1 Å². The summed E-state index contributed by atoms with van der Waals surface area (Å²) < 4.78 is 1.02. The quantitative estimate of drug-likeness (QED) is 0.756. The van der Waals surface area contributed by atoms with E-state index in [0.717, 1.165) is 15.8 Å². The highest BCUT2D eigenvalue weighted by Crippen LogP contribution is 2.34. The molecule has 21 heavy (non-hydrogen) atoms. The molecule has 3 aromatic rings. The van der Waals surface area contributed by atoms with Crippen LogP contribution in [0.4, 0.5) is 10.8 Å². The van der Waals surface area contributed by atoms with E-state index in [1.54, 1.807) is 0 Å². The SMILES string of the molecule is CC(C)c1csc(NC(=O)c2sc3ccccc3c2N)n1. The second kappa shape index (κ2) is 5.46. The third-order valence-electron chi connectivity index (χ3n) is 3.17. The molecule has 1 amide bonds. The summed E-state index contributed by atoms with van der Waals surface area (Å²) in [5.74, 6) is 0.152. The van der Waals surface area contributed by atoms with Gasteiger partial charge in [-0.2, -0.15) is 0 Å². The summed E-state index contributed by atoms with van der Waals surface area (Å²) in [6.07, 6.45) is 0. The van der Waals surface area contributed by atoms with Crippen LogP contribution in [0.3, 0.4) is 0 Å². The molecule has 0 saturated heterocycles. The Kier molecular flexibility index (Phi) is 3.65. The van der Waals surface area contributed by atoms with Crippen LogP contribution in [0.5, 0.6) is 0 Å². The summed E-state index contributed by atoms with van der Waals surface area (Å²) in [7, 11) is 0. The topological polar surface area (TPSA) is 68.0 Å². The van der Waals surface area contributed by atoms with Crippen LogP contribution in [-0.2, 0) is 0 Å². The van der Waals surface area contributed by atoms with Gasteiger partial charge in [-0.25, -0.2) is 4.98 Å². The molecule has 1 aromatic carbocycles. The van der Waals surface area contributed by atoms with Crippen LogP contribution in [0.2, 0.25) is 0 Å². The Morgan fingerprint density at radius 1 is 1.33 bits per heavy atom. The number of nitrogens with one attached hydrogen (secondary N) is 1. The molecule has 4 nitrogen and oxygen atoms in total. The van der Waals surface area contributed by atoms with Gasteiger partial charge in [0.25, 0.3) is 5.91 Å². The second-order valence-corrected chi connectivity index (χ2v) is 6.94. The molecule has 2 aromatic heterocycles. The number of anilines is 2. The summed E-state index contributed by atoms with van der Waals surface area (Å²) in [6, 6.07) is 7.75. The van der Waals surface area contributed by atoms with Gasteiger partial charge in [0.15, 0.2) is 5.13 Å². The van der Waals surface area contributed by atoms with Crippen LogP contribution < -0.4 is 11.1 Å². The van der Waals surface area contributed by atoms with Crippen LogP contribution in [0.15, 0.2) is 29.6 Å². The van der Waals surface area contributed by atoms with Gasteiger partial charge in [0.2, 0.25) is 0 Å². The number of nitrogen functional groups attached to an aromatic ring is 1. The summed E-state index contributed by atoms with van der Waals surface area (Å²) in [5.41, 5.74) is 7.60. The number of nitrogens with zero attached hydrogens (tertiary/aromatic N) is 1. The van der Waals surface area contributed by atoms with E-state index < -0.39 is 0 Å². The van der Waals surface area contributed by atoms with E-state index in [0.29, 0.717) is 21.6 Å². The minimum atomic E-state index is -0.196. The van der Waals surface area contributed by atoms with E-state index in [2.05, 4.69) is 24.1 Å². The summed E-state index contributed by atoms with van der Waals surface area (Å²) in [6.45, 7) is 4.15. The number of thiophene rings is 1. The van der Waals surface area contributed by atoms with Crippen molar-refractivity contribution in [3.05, 3.63) is 40.2 Å². The lowest BCUT2D eigenvalue weighted by Gasteiger charge is -2.01. The van der Waals surface area contributed by atoms with Crippen molar-refractivity contribution in [1.29, 1.82) is 0 Å². The molecule has 0 radical (unpaired) electrons. The smallest absolute Gasteiger partial charge is 0.269 e. The molecule has 0 fully saturated rings. The highest BCUT2D eigenvalue weighted by molar-refractivity contribution is 7.21. The predicted octanol–water partition coefficient (Wildman–Crippen LogP) is 4.32. The standard InChI is InChI=1S/C15H15N3OS2/c1-8(2)10-7-20-15(17-10)18-14(19)13-12(16)9-5-3-4-6-11(9)21-13/h3-8H,16H2,1-2H3,(H,17,18,19). The highest BCUT2D eigenvalue weighted by Gasteiger charge is 2.17. The average molecular weight is 317 g/mol. The Bertz CT molecular complexity index is 804. The molecule has 0 bridgehead atoms. The van der Waals surface area contributed by atoms with E-state index >= 15 is 0 Å². The molecule has 0 atom stereocenters. The summed E-state index contributed by atoms with van der Waals surface area (Å²) in [4.78, 5) is 17.3. The molecular weight excluding hydrogens is 302 g/mol. The number of nitrogens with two attached hydrogens (primary N) is 1. The number of hydrogen-bond acceptors (Lipinski definition) is 5. The number of fused-ring (bicyclic) bond motifs is 1. The van der Waals surface area contributed by atoms with Gasteiger partial charge in [-0.05, 0) is 12.0 Å². The molecule has 0 saturated carbocycles. The Balaban J connectivity index is 1.88. The molecule has 0 aliphatic carbocycles. The van der Waals surface area contributed by atoms with Crippen molar-refractivity contribution in [2.24, 2.45) is 0 Å². The molecular formula is C15H15N3OS2. The van der Waals surface area contributed by atoms with E-state index in [4.69, 9.17) is 5.73 Å². The first-order chi connectivity index (χ1) is 10.1. The van der Waals surface area contributed by atoms with E-state index in [-0.39, 0.29) is 5.91 Å². The fourth-order valence-corrected chi connectivity index (χ4v) is 3.88. The number of hydrogen-bond donors (Lipinski definition) is 2. The van der Waals surface area contributed by atoms with Crippen LogP contribution in [0, 0.1) is 0 Å². The van der Waals surface area contributed by atoms with Gasteiger partial charge in [0.1, 0.15) is 4.88 Å². The number of carbonyl (C=O) groups is 1. The number of amides is 1. The van der Waals surface area contributed by atoms with Crippen LogP contribution in [-0.4, -0.2) is 10.9 Å². The fourth-order valence-electron chi connectivity index (χ4n) is 2.00. The van der Waals surface area contributed by atoms with Crippen molar-refractivity contribution in [2.75, 3.05) is 11.1 Å². The van der Waals surface area contributed by atoms with Gasteiger partial charge in [0, 0.05) is 15.5 Å². The van der Waals surface area contributed by atoms with Crippen LogP contribution in [0.25, 0.3) is 10.1 Å². The minimum Gasteiger partial charge on any atom is -0.397 e. The largest absolute Gasteiger partial charge is 0.397 e. The fraction of sp³-hybridized carbons (Fsp3) is 0.200. The molecule has 2 heterocycles. The maximum atomic E-state index is 12.4. The maximum absolute atomic E-state index is 12.4. The van der Waals surface area contributed by atoms with E-state index in [1.807, 2.05) is 29.6 Å². The van der Waals surface area contributed by atoms with Gasteiger partial charge < -0.3 is 5.73 Å². The zero-order valence-corrected chi connectivity index (χ0v) is 13.3. The van der Waals surface area contributed by atoms with Crippen LogP contribution >= 0.6 is 22.7 Å². The van der Waals surface area contributed by atoms with E-state index in [9.17, 15) is 4.79 Å². The Hall–Kier alpha value is -1.92. The van der Waals surface area contributed by atoms with Crippen molar-refractivity contribution in [2.45, 2.75) is 19.8 Å². The zero-order chi connectivity index (χ0) is 15.0. The molecule has 3 rings (SSSR count). The lowest BCUT2D eigenvalue weighted by Crippen LogP contribution is -2.11. The van der Waals surface area contributed by atoms with Crippen molar-refractivity contribution < 1.29 is 4.79 Å². The molecule has 108 valence electrons. The van der Waals surface area contributed by atoms with Gasteiger partial charge in [-0.1, -0.05) is 32.0 Å². The van der Waals surface area contributed by atoms with Gasteiger partial charge in [0.05, 0.1) is 11.4 Å². The lowest BCUT2D eigenvalue weighted by molar-refractivity contribution is 0.103. The third kappa shape index (κ3) is 2.64. The van der Waals surface area contributed by atoms with Crippen molar-refractivity contribution in [1.82, 2.24) is 4.98 Å². The lowest BCUT2D eigenvalue weighted by atomic mass is 10.2. The molecule has 0 unspecified atom stereocenters. The molecule has 0 aliphatic heterocycles. The summed E-state index contributed by atoms with van der Waals surface area (Å²) >= 11 is 2.84. The Labute approximate surface area is 130 Å². The second-order valence-electron chi connectivity index (χ2n) is 5.03. The highest BCUT2D eigenvalue weighted by atomic mass is 32.1. The Morgan fingerprint density at radius 3 is 2.76 bits per heavy atom. The average Bonchev–Trinajstić information content (AvgIpc) is 3.05. The third-order valence-corrected chi connectivity index (χ3v) is 5.14. The molecule has 0 spiro atoms. The van der Waals surface area contributed by atoms with Crippen molar-refractivity contribution in [3.63, 3.8) is 0 Å². The monoisotopic (exact) mass is 317 g/mol. The molecule has 6 heteroatoms. The first-order valence-electron chi connectivity index (χ1n) is 6.60. The number of thiazole rings is 1. The van der Waals surface area contributed by atoms with Gasteiger partial charge >= 0.3 is 0 Å². The number of benzene rings is 1. The zero-order valence-electron chi connectivity index (χ0n) is 11.7. The van der Waals surface area contributed by atoms with Gasteiger partial charge in [-0.15, -0.1) is 22.7 Å².